The van der Waals surface area contributed by atoms with Crippen molar-refractivity contribution in [1.82, 2.24) is 4.72 Å². The third-order valence-electron chi connectivity index (χ3n) is 3.02. The number of amides is 1. The largest absolute Gasteiger partial charge is 0.457 e. The van der Waals surface area contributed by atoms with E-state index in [1.54, 1.807) is 12.1 Å². The van der Waals surface area contributed by atoms with Crippen LogP contribution in [0, 0.1) is 13.8 Å². The van der Waals surface area contributed by atoms with Gasteiger partial charge in [-0.2, -0.15) is 0 Å². The lowest BCUT2D eigenvalue weighted by Gasteiger charge is -2.11. The van der Waals surface area contributed by atoms with Gasteiger partial charge in [-0.3, -0.25) is 4.79 Å². The quantitative estimate of drug-likeness (QED) is 0.940. The second-order valence-corrected chi connectivity index (χ2v) is 6.80. The Morgan fingerprint density at radius 2 is 1.55 bits per heavy atom. The summed E-state index contributed by atoms with van der Waals surface area (Å²) in [7, 11) is -3.57. The van der Waals surface area contributed by atoms with Crippen LogP contribution in [0.25, 0.3) is 0 Å². The van der Waals surface area contributed by atoms with Gasteiger partial charge in [0.25, 0.3) is 5.91 Å². The zero-order valence-corrected chi connectivity index (χ0v) is 13.4. The molecule has 0 saturated heterocycles. The van der Waals surface area contributed by atoms with Crippen LogP contribution >= 0.6 is 0 Å². The van der Waals surface area contributed by atoms with Crippen LogP contribution in [0.1, 0.15) is 21.5 Å². The molecule has 0 radical (unpaired) electrons. The molecular weight excluding hydrogens is 302 g/mol. The van der Waals surface area contributed by atoms with E-state index in [9.17, 15) is 13.2 Å². The standard InChI is InChI=1S/C16H17NO4S/c1-11-5-4-6-12(2)15(11)21-14-9-7-13(8-10-14)16(18)17-22(3,19)20/h4-10H,1-3H3,(H,17,18). The van der Waals surface area contributed by atoms with Crippen LogP contribution in [-0.2, 0) is 10.0 Å². The highest BCUT2D eigenvalue weighted by Crippen LogP contribution is 2.28. The number of carbonyl (C=O) groups excluding carboxylic acids is 1. The molecule has 0 heterocycles. The molecule has 0 atom stereocenters. The maximum Gasteiger partial charge on any atom is 0.264 e. The van der Waals surface area contributed by atoms with E-state index in [1.165, 1.54) is 12.1 Å². The van der Waals surface area contributed by atoms with E-state index in [2.05, 4.69) is 0 Å². The number of nitrogens with one attached hydrogen (secondary N) is 1. The van der Waals surface area contributed by atoms with Crippen LogP contribution in [0.15, 0.2) is 42.5 Å². The van der Waals surface area contributed by atoms with Gasteiger partial charge in [-0.15, -0.1) is 0 Å². The topological polar surface area (TPSA) is 72.5 Å². The highest BCUT2D eigenvalue weighted by molar-refractivity contribution is 7.89. The van der Waals surface area contributed by atoms with Gasteiger partial charge in [-0.1, -0.05) is 18.2 Å². The second kappa shape index (κ2) is 6.19. The number of carbonyl (C=O) groups is 1. The first-order valence-corrected chi connectivity index (χ1v) is 8.51. The average molecular weight is 319 g/mol. The predicted molar refractivity (Wildman–Crippen MR) is 84.7 cm³/mol. The number of aryl methyl sites for hydroxylation is 2. The van der Waals surface area contributed by atoms with E-state index in [1.807, 2.05) is 36.8 Å². The molecule has 0 saturated carbocycles. The van der Waals surface area contributed by atoms with Crippen molar-refractivity contribution in [2.45, 2.75) is 13.8 Å². The van der Waals surface area contributed by atoms with Gasteiger partial charge < -0.3 is 4.74 Å². The molecule has 2 rings (SSSR count). The molecule has 2 aromatic carbocycles. The maximum atomic E-state index is 11.7. The number of ether oxygens (including phenoxy) is 1. The van der Waals surface area contributed by atoms with E-state index >= 15 is 0 Å². The third kappa shape index (κ3) is 4.08. The Balaban J connectivity index is 2.18. The first-order chi connectivity index (χ1) is 10.3. The predicted octanol–water partition coefficient (Wildman–Crippen LogP) is 2.79. The Hall–Kier alpha value is -2.34. The van der Waals surface area contributed by atoms with Crippen molar-refractivity contribution in [1.29, 1.82) is 0 Å². The Morgan fingerprint density at radius 3 is 2.05 bits per heavy atom. The Kier molecular flexibility index (Phi) is 4.51. The van der Waals surface area contributed by atoms with Gasteiger partial charge in [-0.05, 0) is 49.2 Å². The van der Waals surface area contributed by atoms with Gasteiger partial charge in [-0.25, -0.2) is 13.1 Å². The van der Waals surface area contributed by atoms with Crippen molar-refractivity contribution in [3.8, 4) is 11.5 Å². The molecule has 0 bridgehead atoms. The van der Waals surface area contributed by atoms with Crippen molar-refractivity contribution < 1.29 is 17.9 Å². The van der Waals surface area contributed by atoms with Gasteiger partial charge in [0.1, 0.15) is 11.5 Å². The minimum atomic E-state index is -3.57. The Morgan fingerprint density at radius 1 is 1.00 bits per heavy atom. The summed E-state index contributed by atoms with van der Waals surface area (Å²) in [5, 5.41) is 0. The molecule has 1 amide bonds. The van der Waals surface area contributed by atoms with E-state index in [0.29, 0.717) is 5.75 Å². The summed E-state index contributed by atoms with van der Waals surface area (Å²) in [6.07, 6.45) is 0.934. The first-order valence-electron chi connectivity index (χ1n) is 6.62. The molecule has 22 heavy (non-hydrogen) atoms. The number of sulfonamides is 1. The van der Waals surface area contributed by atoms with Crippen LogP contribution in [0.5, 0.6) is 11.5 Å². The third-order valence-corrected chi connectivity index (χ3v) is 3.58. The van der Waals surface area contributed by atoms with E-state index in [0.717, 1.165) is 23.1 Å². The lowest BCUT2D eigenvalue weighted by molar-refractivity contribution is 0.0981. The molecular formula is C16H17NO4S. The average Bonchev–Trinajstić information content (AvgIpc) is 2.42. The van der Waals surface area contributed by atoms with Crippen LogP contribution < -0.4 is 9.46 Å². The smallest absolute Gasteiger partial charge is 0.264 e. The summed E-state index contributed by atoms with van der Waals surface area (Å²) in [5.74, 6) is 0.685. The van der Waals surface area contributed by atoms with Crippen molar-refractivity contribution in [3.63, 3.8) is 0 Å². The highest BCUT2D eigenvalue weighted by Gasteiger charge is 2.11. The van der Waals surface area contributed by atoms with Crippen LogP contribution in [0.2, 0.25) is 0 Å². The summed E-state index contributed by atoms with van der Waals surface area (Å²) in [6, 6.07) is 12.2. The molecule has 0 aromatic heterocycles. The fraction of sp³-hybridized carbons (Fsp3) is 0.188. The van der Waals surface area contributed by atoms with E-state index in [-0.39, 0.29) is 5.56 Å². The molecule has 1 N–H and O–H groups in total. The second-order valence-electron chi connectivity index (χ2n) is 5.05. The summed E-state index contributed by atoms with van der Waals surface area (Å²) in [6.45, 7) is 3.91. The van der Waals surface area contributed by atoms with E-state index < -0.39 is 15.9 Å². The lowest BCUT2D eigenvalue weighted by Crippen LogP contribution is -2.29. The minimum absolute atomic E-state index is 0.249. The normalized spacial score (nSPS) is 11.0. The van der Waals surface area contributed by atoms with Crippen molar-refractivity contribution in [2.24, 2.45) is 0 Å². The van der Waals surface area contributed by atoms with Gasteiger partial charge in [0.05, 0.1) is 6.26 Å². The zero-order valence-electron chi connectivity index (χ0n) is 12.6. The molecule has 0 aliphatic heterocycles. The van der Waals surface area contributed by atoms with Crippen molar-refractivity contribution in [3.05, 3.63) is 59.2 Å². The van der Waals surface area contributed by atoms with Gasteiger partial charge in [0.15, 0.2) is 0 Å². The van der Waals surface area contributed by atoms with Crippen molar-refractivity contribution >= 4 is 15.9 Å². The summed E-state index contributed by atoms with van der Waals surface area (Å²) in [4.78, 5) is 11.7. The molecule has 2 aromatic rings. The SMILES string of the molecule is Cc1cccc(C)c1Oc1ccc(C(=O)NS(C)(=O)=O)cc1. The zero-order chi connectivity index (χ0) is 16.3. The fourth-order valence-corrected chi connectivity index (χ4v) is 2.43. The number of rotatable bonds is 4. The molecule has 0 aliphatic rings. The molecule has 0 fully saturated rings. The molecule has 6 heteroatoms. The van der Waals surface area contributed by atoms with Crippen LogP contribution in [0.3, 0.4) is 0 Å². The summed E-state index contributed by atoms with van der Waals surface area (Å²) < 4.78 is 29.8. The number of benzene rings is 2. The Labute approximate surface area is 130 Å². The van der Waals surface area contributed by atoms with Crippen molar-refractivity contribution in [2.75, 3.05) is 6.26 Å². The highest BCUT2D eigenvalue weighted by atomic mass is 32.2. The fourth-order valence-electron chi connectivity index (χ4n) is 1.98. The molecule has 5 nitrogen and oxygen atoms in total. The van der Waals surface area contributed by atoms with Gasteiger partial charge in [0.2, 0.25) is 10.0 Å². The molecule has 0 spiro atoms. The molecule has 116 valence electrons. The number of hydrogen-bond acceptors (Lipinski definition) is 4. The van der Waals surface area contributed by atoms with Gasteiger partial charge in [0, 0.05) is 5.56 Å². The lowest BCUT2D eigenvalue weighted by atomic mass is 10.1. The van der Waals surface area contributed by atoms with Crippen LogP contribution in [0.4, 0.5) is 0 Å². The Bertz CT molecular complexity index is 775. The van der Waals surface area contributed by atoms with Gasteiger partial charge >= 0.3 is 0 Å². The minimum Gasteiger partial charge on any atom is -0.457 e. The number of para-hydroxylation sites is 1. The monoisotopic (exact) mass is 319 g/mol. The van der Waals surface area contributed by atoms with Crippen LogP contribution in [-0.4, -0.2) is 20.6 Å². The van der Waals surface area contributed by atoms with E-state index in [4.69, 9.17) is 4.74 Å². The maximum absolute atomic E-state index is 11.7. The molecule has 0 aliphatic carbocycles. The first kappa shape index (κ1) is 16.0. The molecule has 0 unspecified atom stereocenters. The number of hydrogen-bond donors (Lipinski definition) is 1. The summed E-state index contributed by atoms with van der Waals surface area (Å²) >= 11 is 0. The summed E-state index contributed by atoms with van der Waals surface area (Å²) in [5.41, 5.74) is 2.28.